The third kappa shape index (κ3) is 6.77. The molecule has 1 heterocycles. The molecule has 3 aromatic rings. The average Bonchev–Trinajstić information content (AvgIpc) is 3.12. The summed E-state index contributed by atoms with van der Waals surface area (Å²) in [5, 5.41) is 2.19. The van der Waals surface area contributed by atoms with E-state index in [-0.39, 0.29) is 23.9 Å². The molecule has 0 saturated carbocycles. The molecular weight excluding hydrogens is 495 g/mol. The fraction of sp³-hybridized carbons (Fsp3) is 0.179. The van der Waals surface area contributed by atoms with Crippen molar-refractivity contribution in [3.05, 3.63) is 94.1 Å². The maximum absolute atomic E-state index is 13.1. The van der Waals surface area contributed by atoms with Crippen LogP contribution < -0.4 is 14.8 Å². The number of rotatable bonds is 9. The Balaban J connectivity index is 1.44. The smallest absolute Gasteiger partial charge is 0.294 e. The molecule has 7 nitrogen and oxygen atoms in total. The van der Waals surface area contributed by atoms with Gasteiger partial charge in [0.25, 0.3) is 11.1 Å². The summed E-state index contributed by atoms with van der Waals surface area (Å²) in [6.45, 7) is 3.98. The normalized spacial score (nSPS) is 14.2. The highest BCUT2D eigenvalue weighted by Gasteiger charge is 2.36. The molecule has 37 heavy (non-hydrogen) atoms. The maximum Gasteiger partial charge on any atom is 0.294 e. The maximum atomic E-state index is 13.1. The van der Waals surface area contributed by atoms with E-state index in [0.717, 1.165) is 27.8 Å². The number of nitrogens with zero attached hydrogens (tertiary/aromatic N) is 1. The Hall–Kier alpha value is -4.11. The van der Waals surface area contributed by atoms with E-state index in [0.29, 0.717) is 29.4 Å². The van der Waals surface area contributed by atoms with Crippen LogP contribution in [0.15, 0.2) is 71.6 Å². The molecule has 0 atom stereocenters. The van der Waals surface area contributed by atoms with E-state index < -0.39 is 17.1 Å². The van der Waals surface area contributed by atoms with E-state index in [1.54, 1.807) is 48.5 Å². The van der Waals surface area contributed by atoms with E-state index in [4.69, 9.17) is 9.47 Å². The summed E-state index contributed by atoms with van der Waals surface area (Å²) in [5.74, 6) is -0.363. The van der Waals surface area contributed by atoms with E-state index in [1.807, 2.05) is 26.0 Å². The van der Waals surface area contributed by atoms with Gasteiger partial charge in [-0.3, -0.25) is 19.3 Å². The van der Waals surface area contributed by atoms with E-state index >= 15 is 0 Å². The first-order chi connectivity index (χ1) is 17.8. The van der Waals surface area contributed by atoms with Crippen LogP contribution in [-0.2, 0) is 16.2 Å². The monoisotopic (exact) mass is 520 g/mol. The highest BCUT2D eigenvalue weighted by molar-refractivity contribution is 8.18. The van der Waals surface area contributed by atoms with Gasteiger partial charge in [-0.2, -0.15) is 0 Å². The number of halogens is 1. The van der Waals surface area contributed by atoms with Crippen LogP contribution in [0.25, 0.3) is 6.08 Å². The van der Waals surface area contributed by atoms with Crippen molar-refractivity contribution in [1.82, 2.24) is 4.90 Å². The van der Waals surface area contributed by atoms with Crippen molar-refractivity contribution in [2.24, 2.45) is 0 Å². The minimum absolute atomic E-state index is 0.204. The molecule has 0 bridgehead atoms. The lowest BCUT2D eigenvalue weighted by Crippen LogP contribution is -2.36. The number of carbonyl (C=O) groups excluding carboxylic acids is 3. The SMILES string of the molecule is CCOc1cc(/C=C2\SC(=O)N(CC(=O)Nc3cccc(C)c3)C2=O)ccc1OCc1ccc(F)cc1. The third-order valence-corrected chi connectivity index (χ3v) is 6.26. The summed E-state index contributed by atoms with van der Waals surface area (Å²) >= 11 is 0.775. The lowest BCUT2D eigenvalue weighted by molar-refractivity contribution is -0.127. The summed E-state index contributed by atoms with van der Waals surface area (Å²) in [5.41, 5.74) is 3.00. The minimum atomic E-state index is -0.538. The van der Waals surface area contributed by atoms with Gasteiger partial charge in [-0.15, -0.1) is 0 Å². The Kier molecular flexibility index (Phi) is 8.25. The molecule has 1 N–H and O–H groups in total. The van der Waals surface area contributed by atoms with Crippen LogP contribution in [0.3, 0.4) is 0 Å². The Labute approximate surface area is 218 Å². The lowest BCUT2D eigenvalue weighted by atomic mass is 10.1. The Morgan fingerprint density at radius 3 is 2.54 bits per heavy atom. The molecule has 4 rings (SSSR count). The molecule has 3 aromatic carbocycles. The van der Waals surface area contributed by atoms with E-state index in [1.165, 1.54) is 12.1 Å². The molecule has 0 unspecified atom stereocenters. The molecular formula is C28H25FN2O5S. The van der Waals surface area contributed by atoms with Crippen molar-refractivity contribution in [2.45, 2.75) is 20.5 Å². The van der Waals surface area contributed by atoms with Gasteiger partial charge in [-0.1, -0.05) is 30.3 Å². The van der Waals surface area contributed by atoms with Crippen LogP contribution in [0, 0.1) is 12.7 Å². The number of carbonyl (C=O) groups is 3. The van der Waals surface area contributed by atoms with Gasteiger partial charge < -0.3 is 14.8 Å². The molecule has 1 fully saturated rings. The van der Waals surface area contributed by atoms with Crippen LogP contribution in [0.4, 0.5) is 14.9 Å². The summed E-state index contributed by atoms with van der Waals surface area (Å²) in [6.07, 6.45) is 1.58. The molecule has 0 spiro atoms. The fourth-order valence-corrected chi connectivity index (χ4v) is 4.44. The summed E-state index contributed by atoms with van der Waals surface area (Å²) < 4.78 is 24.7. The van der Waals surface area contributed by atoms with Crippen LogP contribution in [0.2, 0.25) is 0 Å². The van der Waals surface area contributed by atoms with Crippen LogP contribution >= 0.6 is 11.8 Å². The molecule has 1 aliphatic rings. The topological polar surface area (TPSA) is 84.9 Å². The zero-order chi connectivity index (χ0) is 26.4. The van der Waals surface area contributed by atoms with Crippen molar-refractivity contribution in [2.75, 3.05) is 18.5 Å². The summed E-state index contributed by atoms with van der Waals surface area (Å²) in [4.78, 5) is 38.9. The predicted octanol–water partition coefficient (Wildman–Crippen LogP) is 5.79. The van der Waals surface area contributed by atoms with Crippen molar-refractivity contribution in [1.29, 1.82) is 0 Å². The molecule has 0 aliphatic carbocycles. The van der Waals surface area contributed by atoms with Crippen molar-refractivity contribution in [3.63, 3.8) is 0 Å². The quantitative estimate of drug-likeness (QED) is 0.360. The number of ether oxygens (including phenoxy) is 2. The second-order valence-electron chi connectivity index (χ2n) is 8.24. The number of hydrogen-bond acceptors (Lipinski definition) is 6. The number of hydrogen-bond donors (Lipinski definition) is 1. The van der Waals surface area contributed by atoms with Crippen molar-refractivity contribution in [3.8, 4) is 11.5 Å². The highest BCUT2D eigenvalue weighted by atomic mass is 32.2. The number of amides is 3. The fourth-order valence-electron chi connectivity index (χ4n) is 3.60. The lowest BCUT2D eigenvalue weighted by Gasteiger charge is -2.13. The van der Waals surface area contributed by atoms with Gasteiger partial charge in [0.05, 0.1) is 11.5 Å². The Morgan fingerprint density at radius 1 is 1.03 bits per heavy atom. The van der Waals surface area contributed by atoms with Gasteiger partial charge in [0.15, 0.2) is 11.5 Å². The molecule has 9 heteroatoms. The number of aryl methyl sites for hydroxylation is 1. The number of nitrogens with one attached hydrogen (secondary N) is 1. The molecule has 1 saturated heterocycles. The van der Waals surface area contributed by atoms with Crippen LogP contribution in [0.1, 0.15) is 23.6 Å². The van der Waals surface area contributed by atoms with Crippen molar-refractivity contribution >= 4 is 40.6 Å². The summed E-state index contributed by atoms with van der Waals surface area (Å²) in [6, 6.07) is 18.4. The van der Waals surface area contributed by atoms with E-state index in [9.17, 15) is 18.8 Å². The second kappa shape index (κ2) is 11.7. The third-order valence-electron chi connectivity index (χ3n) is 5.35. The molecule has 1 aliphatic heterocycles. The van der Waals surface area contributed by atoms with Gasteiger partial charge in [-0.05, 0) is 84.8 Å². The van der Waals surface area contributed by atoms with Crippen molar-refractivity contribution < 1.29 is 28.2 Å². The minimum Gasteiger partial charge on any atom is -0.490 e. The van der Waals surface area contributed by atoms with Crippen LogP contribution in [0.5, 0.6) is 11.5 Å². The zero-order valence-corrected chi connectivity index (χ0v) is 21.1. The zero-order valence-electron chi connectivity index (χ0n) is 20.3. The second-order valence-corrected chi connectivity index (χ2v) is 9.23. The molecule has 190 valence electrons. The average molecular weight is 521 g/mol. The first-order valence-corrected chi connectivity index (χ1v) is 12.4. The number of anilines is 1. The Morgan fingerprint density at radius 2 is 1.81 bits per heavy atom. The van der Waals surface area contributed by atoms with Gasteiger partial charge in [0.1, 0.15) is 19.0 Å². The highest BCUT2D eigenvalue weighted by Crippen LogP contribution is 2.35. The van der Waals surface area contributed by atoms with Crippen LogP contribution in [-0.4, -0.2) is 35.1 Å². The standard InChI is InChI=1S/C28H25FN2O5S/c1-3-35-24-14-20(9-12-23(24)36-17-19-7-10-21(29)11-8-19)15-25-27(33)31(28(34)37-25)16-26(32)30-22-6-4-5-18(2)13-22/h4-15H,3,16-17H2,1-2H3,(H,30,32)/b25-15-. The van der Waals surface area contributed by atoms with Gasteiger partial charge >= 0.3 is 0 Å². The number of thioether (sulfide) groups is 1. The molecule has 0 radical (unpaired) electrons. The molecule has 0 aromatic heterocycles. The first-order valence-electron chi connectivity index (χ1n) is 11.6. The Bertz CT molecular complexity index is 1360. The molecule has 3 amide bonds. The summed E-state index contributed by atoms with van der Waals surface area (Å²) in [7, 11) is 0. The van der Waals surface area contributed by atoms with E-state index in [2.05, 4.69) is 5.32 Å². The first kappa shape index (κ1) is 26.0. The number of imide groups is 1. The largest absolute Gasteiger partial charge is 0.490 e. The predicted molar refractivity (Wildman–Crippen MR) is 141 cm³/mol. The van der Waals surface area contributed by atoms with Gasteiger partial charge in [0, 0.05) is 5.69 Å². The van der Waals surface area contributed by atoms with Gasteiger partial charge in [-0.25, -0.2) is 4.39 Å². The number of benzene rings is 3. The van der Waals surface area contributed by atoms with Gasteiger partial charge in [0.2, 0.25) is 5.91 Å².